The SMILES string of the molecule is O=C(c1cccc([N+](=O)[O-])c1)N1CCN(c2ccc(-c3noc(C4CCCC4)n3)cn2)CC1. The number of amides is 1. The third kappa shape index (κ3) is 4.41. The number of hydrogen-bond acceptors (Lipinski definition) is 8. The van der Waals surface area contributed by atoms with Crippen LogP contribution in [0.4, 0.5) is 11.5 Å². The molecular weight excluding hydrogens is 424 g/mol. The van der Waals surface area contributed by atoms with Gasteiger partial charge in [0.1, 0.15) is 5.82 Å². The summed E-state index contributed by atoms with van der Waals surface area (Å²) in [4.78, 5) is 36.2. The van der Waals surface area contributed by atoms with Crippen LogP contribution in [0.25, 0.3) is 11.4 Å². The molecule has 5 rings (SSSR count). The number of non-ortho nitro benzene ring substituents is 1. The summed E-state index contributed by atoms with van der Waals surface area (Å²) in [5.41, 5.74) is 1.06. The molecule has 0 radical (unpaired) electrons. The van der Waals surface area contributed by atoms with Crippen molar-refractivity contribution in [1.82, 2.24) is 20.0 Å². The molecule has 1 amide bonds. The lowest BCUT2D eigenvalue weighted by atomic mass is 10.1. The summed E-state index contributed by atoms with van der Waals surface area (Å²) in [5.74, 6) is 2.27. The van der Waals surface area contributed by atoms with E-state index in [9.17, 15) is 14.9 Å². The molecule has 0 unspecified atom stereocenters. The van der Waals surface area contributed by atoms with E-state index in [1.807, 2.05) is 12.1 Å². The van der Waals surface area contributed by atoms with Crippen LogP contribution in [0.1, 0.15) is 47.8 Å². The van der Waals surface area contributed by atoms with Gasteiger partial charge >= 0.3 is 0 Å². The molecule has 33 heavy (non-hydrogen) atoms. The van der Waals surface area contributed by atoms with Gasteiger partial charge in [-0.2, -0.15) is 4.98 Å². The second kappa shape index (κ2) is 8.97. The number of hydrogen-bond donors (Lipinski definition) is 0. The number of carbonyl (C=O) groups excluding carboxylic acids is 1. The summed E-state index contributed by atoms with van der Waals surface area (Å²) >= 11 is 0. The summed E-state index contributed by atoms with van der Waals surface area (Å²) < 4.78 is 5.47. The summed E-state index contributed by atoms with van der Waals surface area (Å²) in [6.45, 7) is 2.28. The molecule has 1 saturated heterocycles. The van der Waals surface area contributed by atoms with Gasteiger partial charge in [0.15, 0.2) is 0 Å². The molecule has 0 spiro atoms. The number of carbonyl (C=O) groups is 1. The highest BCUT2D eigenvalue weighted by atomic mass is 16.6. The molecule has 0 bridgehead atoms. The van der Waals surface area contributed by atoms with Crippen molar-refractivity contribution in [1.29, 1.82) is 0 Å². The van der Waals surface area contributed by atoms with E-state index in [4.69, 9.17) is 4.52 Å². The second-order valence-corrected chi connectivity index (χ2v) is 8.43. The van der Waals surface area contributed by atoms with Crippen LogP contribution in [0.3, 0.4) is 0 Å². The van der Waals surface area contributed by atoms with Crippen molar-refractivity contribution in [2.45, 2.75) is 31.6 Å². The average Bonchev–Trinajstić information content (AvgIpc) is 3.56. The van der Waals surface area contributed by atoms with Crippen molar-refractivity contribution >= 4 is 17.4 Å². The minimum atomic E-state index is -0.492. The Morgan fingerprint density at radius 2 is 1.88 bits per heavy atom. The van der Waals surface area contributed by atoms with Crippen molar-refractivity contribution in [3.63, 3.8) is 0 Å². The molecule has 0 N–H and O–H groups in total. The number of rotatable bonds is 5. The van der Waals surface area contributed by atoms with Gasteiger partial charge in [0.05, 0.1) is 4.92 Å². The third-order valence-corrected chi connectivity index (χ3v) is 6.35. The molecule has 1 aliphatic heterocycles. The first-order valence-electron chi connectivity index (χ1n) is 11.2. The van der Waals surface area contributed by atoms with Crippen molar-refractivity contribution in [3.05, 3.63) is 64.2 Å². The Morgan fingerprint density at radius 3 is 2.58 bits per heavy atom. The quantitative estimate of drug-likeness (QED) is 0.429. The van der Waals surface area contributed by atoms with E-state index in [0.717, 1.165) is 30.1 Å². The van der Waals surface area contributed by atoms with Crippen molar-refractivity contribution in [3.8, 4) is 11.4 Å². The Labute approximate surface area is 190 Å². The summed E-state index contributed by atoms with van der Waals surface area (Å²) in [6, 6.07) is 9.72. The Bertz CT molecular complexity index is 1150. The molecule has 2 aromatic heterocycles. The van der Waals surface area contributed by atoms with Gasteiger partial charge < -0.3 is 14.3 Å². The maximum Gasteiger partial charge on any atom is 0.270 e. The van der Waals surface area contributed by atoms with E-state index < -0.39 is 4.92 Å². The molecule has 1 aromatic carbocycles. The predicted octanol–water partition coefficient (Wildman–Crippen LogP) is 3.66. The summed E-state index contributed by atoms with van der Waals surface area (Å²) in [5, 5.41) is 15.1. The predicted molar refractivity (Wildman–Crippen MR) is 120 cm³/mol. The average molecular weight is 448 g/mol. The molecule has 2 fully saturated rings. The van der Waals surface area contributed by atoms with E-state index >= 15 is 0 Å². The topological polar surface area (TPSA) is 118 Å². The Morgan fingerprint density at radius 1 is 1.09 bits per heavy atom. The normalized spacial score (nSPS) is 16.8. The summed E-state index contributed by atoms with van der Waals surface area (Å²) in [7, 11) is 0. The highest BCUT2D eigenvalue weighted by molar-refractivity contribution is 5.95. The van der Waals surface area contributed by atoms with E-state index in [0.29, 0.717) is 43.5 Å². The summed E-state index contributed by atoms with van der Waals surface area (Å²) in [6.07, 6.45) is 6.38. The van der Waals surface area contributed by atoms with Crippen LogP contribution in [0.2, 0.25) is 0 Å². The fourth-order valence-electron chi connectivity index (χ4n) is 4.47. The minimum absolute atomic E-state index is 0.0826. The molecule has 0 atom stereocenters. The van der Waals surface area contributed by atoms with Crippen molar-refractivity contribution in [2.24, 2.45) is 0 Å². The maximum atomic E-state index is 12.8. The molecule has 10 heteroatoms. The third-order valence-electron chi connectivity index (χ3n) is 6.35. The number of aromatic nitrogens is 3. The first-order chi connectivity index (χ1) is 16.1. The van der Waals surface area contributed by atoms with E-state index in [1.165, 1.54) is 31.0 Å². The van der Waals surface area contributed by atoms with Crippen LogP contribution in [0.5, 0.6) is 0 Å². The molecule has 3 heterocycles. The first-order valence-corrected chi connectivity index (χ1v) is 11.2. The van der Waals surface area contributed by atoms with E-state index in [-0.39, 0.29) is 11.6 Å². The molecule has 10 nitrogen and oxygen atoms in total. The van der Waals surface area contributed by atoms with Gasteiger partial charge in [-0.1, -0.05) is 24.1 Å². The molecule has 1 saturated carbocycles. The number of anilines is 1. The fraction of sp³-hybridized carbons (Fsp3) is 0.391. The zero-order valence-electron chi connectivity index (χ0n) is 18.1. The highest BCUT2D eigenvalue weighted by Gasteiger charge is 2.25. The van der Waals surface area contributed by atoms with Crippen LogP contribution < -0.4 is 4.90 Å². The van der Waals surface area contributed by atoms with Crippen LogP contribution >= 0.6 is 0 Å². The lowest BCUT2D eigenvalue weighted by Crippen LogP contribution is -2.49. The van der Waals surface area contributed by atoms with Crippen LogP contribution in [-0.2, 0) is 0 Å². The first kappa shape index (κ1) is 21.0. The minimum Gasteiger partial charge on any atom is -0.353 e. The largest absolute Gasteiger partial charge is 0.353 e. The second-order valence-electron chi connectivity index (χ2n) is 8.43. The Balaban J connectivity index is 1.20. The van der Waals surface area contributed by atoms with Gasteiger partial charge in [0.2, 0.25) is 11.7 Å². The Hall–Kier alpha value is -3.82. The molecular formula is C23H24N6O4. The number of nitro benzene ring substituents is 1. The van der Waals surface area contributed by atoms with Crippen LogP contribution in [0, 0.1) is 10.1 Å². The standard InChI is InChI=1S/C23H24N6O4/c30-23(17-6-3-7-19(14-17)29(31)32)28-12-10-27(11-13-28)20-9-8-18(15-24-20)21-25-22(33-26-21)16-4-1-2-5-16/h3,6-9,14-16H,1-2,4-5,10-13H2. The molecule has 1 aliphatic carbocycles. The number of benzene rings is 1. The van der Waals surface area contributed by atoms with Crippen LogP contribution in [0.15, 0.2) is 47.1 Å². The van der Waals surface area contributed by atoms with Gasteiger partial charge in [-0.3, -0.25) is 14.9 Å². The number of nitrogens with zero attached hydrogens (tertiary/aromatic N) is 6. The zero-order valence-corrected chi connectivity index (χ0v) is 18.1. The number of pyridine rings is 1. The van der Waals surface area contributed by atoms with Gasteiger partial charge in [-0.25, -0.2) is 4.98 Å². The van der Waals surface area contributed by atoms with Crippen molar-refractivity contribution in [2.75, 3.05) is 31.1 Å². The lowest BCUT2D eigenvalue weighted by molar-refractivity contribution is -0.384. The van der Waals surface area contributed by atoms with E-state index in [2.05, 4.69) is 20.0 Å². The van der Waals surface area contributed by atoms with Gasteiger partial charge in [0.25, 0.3) is 11.6 Å². The molecule has 2 aliphatic rings. The molecule has 170 valence electrons. The van der Waals surface area contributed by atoms with Crippen molar-refractivity contribution < 1.29 is 14.2 Å². The maximum absolute atomic E-state index is 12.8. The van der Waals surface area contributed by atoms with Gasteiger partial charge in [0, 0.05) is 61.6 Å². The monoisotopic (exact) mass is 448 g/mol. The smallest absolute Gasteiger partial charge is 0.270 e. The number of piperazine rings is 1. The van der Waals surface area contributed by atoms with Gasteiger partial charge in [-0.15, -0.1) is 0 Å². The molecule has 3 aromatic rings. The highest BCUT2D eigenvalue weighted by Crippen LogP contribution is 2.34. The van der Waals surface area contributed by atoms with Crippen LogP contribution in [-0.4, -0.2) is 57.0 Å². The lowest BCUT2D eigenvalue weighted by Gasteiger charge is -2.35. The fourth-order valence-corrected chi connectivity index (χ4v) is 4.47. The zero-order chi connectivity index (χ0) is 22.8. The van der Waals surface area contributed by atoms with E-state index in [1.54, 1.807) is 17.2 Å². The number of nitro groups is 1. The van der Waals surface area contributed by atoms with Gasteiger partial charge in [-0.05, 0) is 31.0 Å². The Kier molecular flexibility index (Phi) is 5.72.